The van der Waals surface area contributed by atoms with Gasteiger partial charge in [0, 0.05) is 6.42 Å². The summed E-state index contributed by atoms with van der Waals surface area (Å²) >= 11 is 0. The van der Waals surface area contributed by atoms with Gasteiger partial charge in [-0.3, -0.25) is 4.79 Å². The molecular formula is C17H19NO5. The molecule has 0 unspecified atom stereocenters. The number of carboxylic acids is 1. The number of benzene rings is 1. The van der Waals surface area contributed by atoms with Crippen molar-refractivity contribution in [3.8, 4) is 0 Å². The fraction of sp³-hybridized carbons (Fsp3) is 0.294. The standard InChI is InChI=1S/C17H19NO5/c1-2-13-8-9-15(23-13)14(10-16(19)20)18-17(21)22-11-12-6-4-3-5-7-12/h3-9,14H,2,10-11H2,1H3,(H,18,21)(H,19,20)/t14-/m1/s1. The summed E-state index contributed by atoms with van der Waals surface area (Å²) in [6, 6.07) is 11.9. The first kappa shape index (κ1) is 16.6. The molecule has 1 heterocycles. The summed E-state index contributed by atoms with van der Waals surface area (Å²) in [6.45, 7) is 2.04. The maximum atomic E-state index is 11.9. The van der Waals surface area contributed by atoms with Gasteiger partial charge in [-0.15, -0.1) is 0 Å². The predicted molar refractivity (Wildman–Crippen MR) is 82.8 cm³/mol. The Morgan fingerprint density at radius 2 is 1.96 bits per heavy atom. The summed E-state index contributed by atoms with van der Waals surface area (Å²) in [4.78, 5) is 22.9. The van der Waals surface area contributed by atoms with Crippen molar-refractivity contribution in [3.05, 3.63) is 59.5 Å². The molecule has 1 atom stereocenters. The first-order chi connectivity index (χ1) is 11.1. The van der Waals surface area contributed by atoms with Gasteiger partial charge in [0.1, 0.15) is 24.2 Å². The van der Waals surface area contributed by atoms with E-state index in [0.29, 0.717) is 12.2 Å². The predicted octanol–water partition coefficient (Wildman–Crippen LogP) is 3.28. The molecule has 0 saturated heterocycles. The Morgan fingerprint density at radius 1 is 1.22 bits per heavy atom. The molecule has 6 nitrogen and oxygen atoms in total. The summed E-state index contributed by atoms with van der Waals surface area (Å²) in [6.07, 6.45) is -0.274. The molecule has 1 amide bonds. The Morgan fingerprint density at radius 3 is 2.57 bits per heavy atom. The molecule has 6 heteroatoms. The fourth-order valence-corrected chi connectivity index (χ4v) is 2.08. The molecular weight excluding hydrogens is 298 g/mol. The van der Waals surface area contributed by atoms with Crippen LogP contribution in [0.3, 0.4) is 0 Å². The lowest BCUT2D eigenvalue weighted by molar-refractivity contribution is -0.137. The van der Waals surface area contributed by atoms with Crippen LogP contribution in [0.2, 0.25) is 0 Å². The average molecular weight is 317 g/mol. The first-order valence-electron chi connectivity index (χ1n) is 7.36. The molecule has 0 fully saturated rings. The summed E-state index contributed by atoms with van der Waals surface area (Å²) in [5.41, 5.74) is 0.851. The Labute approximate surface area is 134 Å². The third kappa shape index (κ3) is 5.18. The van der Waals surface area contributed by atoms with Crippen molar-refractivity contribution in [3.63, 3.8) is 0 Å². The van der Waals surface area contributed by atoms with Gasteiger partial charge in [0.2, 0.25) is 0 Å². The molecule has 2 rings (SSSR count). The molecule has 2 aromatic rings. The molecule has 0 aliphatic rings. The topological polar surface area (TPSA) is 88.8 Å². The minimum absolute atomic E-state index is 0.116. The van der Waals surface area contributed by atoms with E-state index >= 15 is 0 Å². The number of carbonyl (C=O) groups excluding carboxylic acids is 1. The lowest BCUT2D eigenvalue weighted by atomic mass is 10.1. The highest BCUT2D eigenvalue weighted by molar-refractivity contribution is 5.71. The molecule has 0 aliphatic heterocycles. The molecule has 2 N–H and O–H groups in total. The summed E-state index contributed by atoms with van der Waals surface area (Å²) in [5.74, 6) is 0.101. The lowest BCUT2D eigenvalue weighted by Gasteiger charge is -2.15. The number of hydrogen-bond donors (Lipinski definition) is 2. The number of alkyl carbamates (subject to hydrolysis) is 1. The van der Waals surface area contributed by atoms with Gasteiger partial charge in [0.25, 0.3) is 0 Å². The van der Waals surface area contributed by atoms with E-state index in [1.165, 1.54) is 0 Å². The normalized spacial score (nSPS) is 11.7. The number of nitrogens with one attached hydrogen (secondary N) is 1. The van der Waals surface area contributed by atoms with Crippen LogP contribution in [-0.2, 0) is 22.6 Å². The molecule has 1 aromatic heterocycles. The van der Waals surface area contributed by atoms with Gasteiger partial charge in [-0.05, 0) is 17.7 Å². The van der Waals surface area contributed by atoms with Crippen LogP contribution in [0, 0.1) is 0 Å². The van der Waals surface area contributed by atoms with Crippen LogP contribution in [0.15, 0.2) is 46.9 Å². The largest absolute Gasteiger partial charge is 0.481 e. The number of aryl methyl sites for hydroxylation is 1. The average Bonchev–Trinajstić information content (AvgIpc) is 3.02. The van der Waals surface area contributed by atoms with Gasteiger partial charge < -0.3 is 19.6 Å². The van der Waals surface area contributed by atoms with E-state index in [1.807, 2.05) is 37.3 Å². The third-order valence-electron chi connectivity index (χ3n) is 3.26. The van der Waals surface area contributed by atoms with E-state index in [9.17, 15) is 9.59 Å². The second-order valence-electron chi connectivity index (χ2n) is 5.01. The monoisotopic (exact) mass is 317 g/mol. The molecule has 0 radical (unpaired) electrons. The molecule has 0 bridgehead atoms. The van der Waals surface area contributed by atoms with Crippen LogP contribution < -0.4 is 5.32 Å². The second-order valence-corrected chi connectivity index (χ2v) is 5.01. The summed E-state index contributed by atoms with van der Waals surface area (Å²) < 4.78 is 10.6. The fourth-order valence-electron chi connectivity index (χ4n) is 2.08. The molecule has 1 aromatic carbocycles. The minimum atomic E-state index is -1.03. The smallest absolute Gasteiger partial charge is 0.408 e. The molecule has 122 valence electrons. The number of aliphatic carboxylic acids is 1. The van der Waals surface area contributed by atoms with Crippen LogP contribution in [-0.4, -0.2) is 17.2 Å². The van der Waals surface area contributed by atoms with Gasteiger partial charge in [0.05, 0.1) is 6.42 Å². The van der Waals surface area contributed by atoms with Gasteiger partial charge in [-0.25, -0.2) is 4.79 Å². The lowest BCUT2D eigenvalue weighted by Crippen LogP contribution is -2.30. The van der Waals surface area contributed by atoms with Crippen molar-refractivity contribution in [1.82, 2.24) is 5.32 Å². The van der Waals surface area contributed by atoms with E-state index < -0.39 is 18.1 Å². The van der Waals surface area contributed by atoms with Crippen molar-refractivity contribution in [2.24, 2.45) is 0 Å². The highest BCUT2D eigenvalue weighted by Gasteiger charge is 2.22. The van der Waals surface area contributed by atoms with Crippen molar-refractivity contribution in [2.75, 3.05) is 0 Å². The van der Waals surface area contributed by atoms with Crippen LogP contribution in [0.25, 0.3) is 0 Å². The Kier molecular flexibility index (Phi) is 5.80. The maximum Gasteiger partial charge on any atom is 0.408 e. The van der Waals surface area contributed by atoms with Crippen molar-refractivity contribution in [2.45, 2.75) is 32.4 Å². The Balaban J connectivity index is 1.96. The molecule has 0 spiro atoms. The zero-order valence-corrected chi connectivity index (χ0v) is 12.8. The van der Waals surface area contributed by atoms with E-state index in [4.69, 9.17) is 14.3 Å². The number of rotatable bonds is 7. The quantitative estimate of drug-likeness (QED) is 0.818. The van der Waals surface area contributed by atoms with Gasteiger partial charge in [-0.2, -0.15) is 0 Å². The Bertz CT molecular complexity index is 650. The number of amides is 1. The number of carboxylic acid groups (broad SMARTS) is 1. The number of carbonyl (C=O) groups is 2. The van der Waals surface area contributed by atoms with Crippen LogP contribution in [0.1, 0.15) is 36.5 Å². The molecule has 23 heavy (non-hydrogen) atoms. The van der Waals surface area contributed by atoms with Crippen LogP contribution >= 0.6 is 0 Å². The van der Waals surface area contributed by atoms with E-state index in [2.05, 4.69) is 5.32 Å². The van der Waals surface area contributed by atoms with Crippen molar-refractivity contribution in [1.29, 1.82) is 0 Å². The van der Waals surface area contributed by atoms with Crippen LogP contribution in [0.5, 0.6) is 0 Å². The van der Waals surface area contributed by atoms with Crippen molar-refractivity contribution < 1.29 is 23.8 Å². The maximum absolute atomic E-state index is 11.9. The van der Waals surface area contributed by atoms with Gasteiger partial charge in [-0.1, -0.05) is 37.3 Å². The SMILES string of the molecule is CCc1ccc([C@@H](CC(=O)O)NC(=O)OCc2ccccc2)o1. The number of furan rings is 1. The minimum Gasteiger partial charge on any atom is -0.481 e. The zero-order valence-electron chi connectivity index (χ0n) is 12.8. The Hall–Kier alpha value is -2.76. The van der Waals surface area contributed by atoms with Crippen LogP contribution in [0.4, 0.5) is 4.79 Å². The van der Waals surface area contributed by atoms with Gasteiger partial charge in [0.15, 0.2) is 0 Å². The summed E-state index contributed by atoms with van der Waals surface area (Å²) in [7, 11) is 0. The highest BCUT2D eigenvalue weighted by Crippen LogP contribution is 2.20. The summed E-state index contributed by atoms with van der Waals surface area (Å²) in [5, 5.41) is 11.5. The van der Waals surface area contributed by atoms with E-state index in [1.54, 1.807) is 12.1 Å². The second kappa shape index (κ2) is 8.03. The number of hydrogen-bond acceptors (Lipinski definition) is 4. The van der Waals surface area contributed by atoms with Crippen molar-refractivity contribution >= 4 is 12.1 Å². The first-order valence-corrected chi connectivity index (χ1v) is 7.36. The third-order valence-corrected chi connectivity index (χ3v) is 3.26. The number of ether oxygens (including phenoxy) is 1. The zero-order chi connectivity index (χ0) is 16.7. The van der Waals surface area contributed by atoms with Gasteiger partial charge >= 0.3 is 12.1 Å². The molecule has 0 saturated carbocycles. The van der Waals surface area contributed by atoms with E-state index in [-0.39, 0.29) is 13.0 Å². The highest BCUT2D eigenvalue weighted by atomic mass is 16.5. The molecule has 0 aliphatic carbocycles. The van der Waals surface area contributed by atoms with E-state index in [0.717, 1.165) is 11.3 Å².